The molecule has 4 nitrogen and oxygen atoms in total. The minimum atomic E-state index is -0.724. The van der Waals surface area contributed by atoms with Crippen molar-refractivity contribution in [1.82, 2.24) is 5.32 Å². The van der Waals surface area contributed by atoms with Crippen LogP contribution in [0.25, 0.3) is 0 Å². The Balaban J connectivity index is 2.88. The van der Waals surface area contributed by atoms with E-state index >= 15 is 0 Å². The zero-order valence-electron chi connectivity index (χ0n) is 12.1. The van der Waals surface area contributed by atoms with Crippen LogP contribution in [0.4, 0.5) is 0 Å². The van der Waals surface area contributed by atoms with E-state index < -0.39 is 6.10 Å². The third kappa shape index (κ3) is 4.33. The van der Waals surface area contributed by atoms with E-state index in [1.54, 1.807) is 0 Å². The monoisotopic (exact) mass is 265 g/mol. The molecule has 0 radical (unpaired) electrons. The predicted octanol–water partition coefficient (Wildman–Crippen LogP) is 1.88. The Morgan fingerprint density at radius 2 is 2.05 bits per heavy atom. The maximum absolute atomic E-state index is 11.4. The van der Waals surface area contributed by atoms with Gasteiger partial charge >= 0.3 is 5.97 Å². The van der Waals surface area contributed by atoms with Crippen molar-refractivity contribution in [3.8, 4) is 0 Å². The third-order valence-electron chi connectivity index (χ3n) is 3.33. The molecule has 0 saturated heterocycles. The quantitative estimate of drug-likeness (QED) is 0.771. The number of carbonyl (C=O) groups is 1. The lowest BCUT2D eigenvalue weighted by atomic mass is 9.96. The van der Waals surface area contributed by atoms with Gasteiger partial charge in [-0.05, 0) is 37.1 Å². The van der Waals surface area contributed by atoms with Crippen LogP contribution in [0.3, 0.4) is 0 Å². The number of likely N-dealkylation sites (N-methyl/N-ethyl adjacent to an activating group) is 1. The zero-order chi connectivity index (χ0) is 14.4. The molecule has 2 atom stereocenters. The van der Waals surface area contributed by atoms with Crippen LogP contribution in [0.15, 0.2) is 18.2 Å². The summed E-state index contributed by atoms with van der Waals surface area (Å²) in [4.78, 5) is 11.4. The van der Waals surface area contributed by atoms with Gasteiger partial charge in [0.05, 0.1) is 19.6 Å². The maximum Gasteiger partial charge on any atom is 0.307 e. The Kier molecular flexibility index (Phi) is 5.99. The molecule has 0 aliphatic carbocycles. The first-order valence-corrected chi connectivity index (χ1v) is 6.55. The highest BCUT2D eigenvalue weighted by atomic mass is 16.5. The minimum Gasteiger partial charge on any atom is -0.469 e. The number of hydrogen-bond donors (Lipinski definition) is 2. The van der Waals surface area contributed by atoms with Crippen molar-refractivity contribution < 1.29 is 14.6 Å². The topological polar surface area (TPSA) is 58.6 Å². The molecule has 0 amide bonds. The molecular weight excluding hydrogens is 242 g/mol. The van der Waals surface area contributed by atoms with Gasteiger partial charge in [0.1, 0.15) is 0 Å². The van der Waals surface area contributed by atoms with Crippen LogP contribution in [0.5, 0.6) is 0 Å². The van der Waals surface area contributed by atoms with E-state index in [9.17, 15) is 9.90 Å². The fourth-order valence-electron chi connectivity index (χ4n) is 2.00. The van der Waals surface area contributed by atoms with E-state index in [-0.39, 0.29) is 18.4 Å². The average Bonchev–Trinajstić information content (AvgIpc) is 2.40. The summed E-state index contributed by atoms with van der Waals surface area (Å²) in [7, 11) is 1.35. The van der Waals surface area contributed by atoms with Gasteiger partial charge in [-0.1, -0.05) is 25.1 Å². The third-order valence-corrected chi connectivity index (χ3v) is 3.33. The number of aliphatic hydroxyl groups excluding tert-OH is 1. The number of carbonyl (C=O) groups excluding carboxylic acids is 1. The van der Waals surface area contributed by atoms with Crippen molar-refractivity contribution in [2.24, 2.45) is 0 Å². The standard InChI is InChI=1S/C15H23NO3/c1-5-16-13(9-14(17)19-4)15(18)12-7-6-10(2)11(3)8-12/h6-8,13,15-16,18H,5,9H2,1-4H3. The van der Waals surface area contributed by atoms with Gasteiger partial charge < -0.3 is 15.2 Å². The molecule has 19 heavy (non-hydrogen) atoms. The van der Waals surface area contributed by atoms with Crippen molar-refractivity contribution in [2.75, 3.05) is 13.7 Å². The van der Waals surface area contributed by atoms with Gasteiger partial charge in [0, 0.05) is 6.04 Å². The van der Waals surface area contributed by atoms with Gasteiger partial charge in [0.2, 0.25) is 0 Å². The highest BCUT2D eigenvalue weighted by molar-refractivity contribution is 5.70. The van der Waals surface area contributed by atoms with Crippen LogP contribution in [0.1, 0.15) is 36.1 Å². The summed E-state index contributed by atoms with van der Waals surface area (Å²) in [5.74, 6) is -0.325. The fraction of sp³-hybridized carbons (Fsp3) is 0.533. The van der Waals surface area contributed by atoms with Crippen LogP contribution in [0.2, 0.25) is 0 Å². The van der Waals surface area contributed by atoms with E-state index in [0.29, 0.717) is 6.54 Å². The second kappa shape index (κ2) is 7.26. The summed E-state index contributed by atoms with van der Waals surface area (Å²) in [5, 5.41) is 13.5. The first-order chi connectivity index (χ1) is 8.99. The second-order valence-corrected chi connectivity index (χ2v) is 4.73. The summed E-state index contributed by atoms with van der Waals surface area (Å²) < 4.78 is 4.67. The summed E-state index contributed by atoms with van der Waals surface area (Å²) in [5.41, 5.74) is 3.13. The number of esters is 1. The van der Waals surface area contributed by atoms with Gasteiger partial charge in [-0.3, -0.25) is 4.79 Å². The van der Waals surface area contributed by atoms with Crippen molar-refractivity contribution >= 4 is 5.97 Å². The number of aryl methyl sites for hydroxylation is 2. The maximum atomic E-state index is 11.4. The second-order valence-electron chi connectivity index (χ2n) is 4.73. The smallest absolute Gasteiger partial charge is 0.307 e. The number of nitrogens with one attached hydrogen (secondary N) is 1. The fourth-order valence-corrected chi connectivity index (χ4v) is 2.00. The van der Waals surface area contributed by atoms with Crippen LogP contribution >= 0.6 is 0 Å². The Morgan fingerprint density at radius 3 is 2.58 bits per heavy atom. The molecule has 0 bridgehead atoms. The van der Waals surface area contributed by atoms with Crippen molar-refractivity contribution in [1.29, 1.82) is 0 Å². The highest BCUT2D eigenvalue weighted by Gasteiger charge is 2.23. The lowest BCUT2D eigenvalue weighted by Gasteiger charge is -2.23. The van der Waals surface area contributed by atoms with Crippen LogP contribution < -0.4 is 5.32 Å². The summed E-state index contributed by atoms with van der Waals surface area (Å²) in [6, 6.07) is 5.50. The number of aliphatic hydroxyl groups is 1. The molecule has 0 heterocycles. The molecule has 0 aliphatic rings. The van der Waals surface area contributed by atoms with E-state index in [1.165, 1.54) is 12.7 Å². The molecule has 0 saturated carbocycles. The molecule has 4 heteroatoms. The Hall–Kier alpha value is -1.39. The van der Waals surface area contributed by atoms with E-state index in [0.717, 1.165) is 11.1 Å². The zero-order valence-corrected chi connectivity index (χ0v) is 12.1. The normalized spacial score (nSPS) is 13.9. The summed E-state index contributed by atoms with van der Waals surface area (Å²) >= 11 is 0. The molecule has 2 unspecified atom stereocenters. The molecular formula is C15H23NO3. The first-order valence-electron chi connectivity index (χ1n) is 6.55. The van der Waals surface area contributed by atoms with Crippen molar-refractivity contribution in [3.05, 3.63) is 34.9 Å². The Morgan fingerprint density at radius 1 is 1.37 bits per heavy atom. The molecule has 1 rings (SSSR count). The van der Waals surface area contributed by atoms with Gasteiger partial charge in [-0.25, -0.2) is 0 Å². The van der Waals surface area contributed by atoms with Gasteiger partial charge in [0.15, 0.2) is 0 Å². The first kappa shape index (κ1) is 15.7. The minimum absolute atomic E-state index is 0.151. The number of methoxy groups -OCH3 is 1. The van der Waals surface area contributed by atoms with Crippen molar-refractivity contribution in [3.63, 3.8) is 0 Å². The van der Waals surface area contributed by atoms with Crippen molar-refractivity contribution in [2.45, 2.75) is 39.3 Å². The molecule has 1 aromatic carbocycles. The molecule has 2 N–H and O–H groups in total. The molecule has 0 aromatic heterocycles. The number of hydrogen-bond acceptors (Lipinski definition) is 4. The predicted molar refractivity (Wildman–Crippen MR) is 75.0 cm³/mol. The van der Waals surface area contributed by atoms with E-state index in [1.807, 2.05) is 39.0 Å². The molecule has 1 aromatic rings. The largest absolute Gasteiger partial charge is 0.469 e. The summed E-state index contributed by atoms with van der Waals surface area (Å²) in [6.07, 6.45) is -0.573. The van der Waals surface area contributed by atoms with E-state index in [4.69, 9.17) is 0 Å². The van der Waals surface area contributed by atoms with Gasteiger partial charge in [0.25, 0.3) is 0 Å². The Bertz CT molecular complexity index is 431. The van der Waals surface area contributed by atoms with E-state index in [2.05, 4.69) is 10.1 Å². The number of ether oxygens (including phenoxy) is 1. The summed E-state index contributed by atoms with van der Waals surface area (Å²) in [6.45, 7) is 6.66. The van der Waals surface area contributed by atoms with Crippen LogP contribution in [0, 0.1) is 13.8 Å². The van der Waals surface area contributed by atoms with Crippen LogP contribution in [-0.4, -0.2) is 30.8 Å². The highest BCUT2D eigenvalue weighted by Crippen LogP contribution is 2.22. The Labute approximate surface area is 114 Å². The average molecular weight is 265 g/mol. The van der Waals surface area contributed by atoms with Crippen LogP contribution in [-0.2, 0) is 9.53 Å². The lowest BCUT2D eigenvalue weighted by molar-refractivity contribution is -0.142. The molecule has 0 spiro atoms. The molecule has 0 fully saturated rings. The number of benzene rings is 1. The van der Waals surface area contributed by atoms with Gasteiger partial charge in [-0.15, -0.1) is 0 Å². The lowest BCUT2D eigenvalue weighted by Crippen LogP contribution is -2.37. The van der Waals surface area contributed by atoms with Gasteiger partial charge in [-0.2, -0.15) is 0 Å². The molecule has 106 valence electrons. The molecule has 0 aliphatic heterocycles. The number of rotatable bonds is 6. The SMILES string of the molecule is CCNC(CC(=O)OC)C(O)c1ccc(C)c(C)c1.